The van der Waals surface area contributed by atoms with Gasteiger partial charge in [-0.25, -0.2) is 9.97 Å². The molecule has 0 unspecified atom stereocenters. The van der Waals surface area contributed by atoms with Crippen LogP contribution in [0.1, 0.15) is 51.3 Å². The van der Waals surface area contributed by atoms with Gasteiger partial charge in [-0.2, -0.15) is 4.37 Å². The van der Waals surface area contributed by atoms with Gasteiger partial charge in [0, 0.05) is 30.7 Å². The van der Waals surface area contributed by atoms with Crippen LogP contribution in [0, 0.1) is 6.92 Å². The molecule has 0 aliphatic heterocycles. The van der Waals surface area contributed by atoms with Crippen LogP contribution in [0.2, 0.25) is 0 Å². The van der Waals surface area contributed by atoms with Gasteiger partial charge in [-0.1, -0.05) is 25.3 Å². The van der Waals surface area contributed by atoms with Crippen molar-refractivity contribution in [2.75, 3.05) is 18.1 Å². The molecule has 2 aromatic heterocycles. The Kier molecular flexibility index (Phi) is 8.31. The summed E-state index contributed by atoms with van der Waals surface area (Å²) < 4.78 is 9.22. The van der Waals surface area contributed by atoms with Crippen LogP contribution in [-0.2, 0) is 9.53 Å². The number of carbonyl (C=O) groups is 1. The summed E-state index contributed by atoms with van der Waals surface area (Å²) in [6.07, 6.45) is 7.56. The molecule has 0 aliphatic carbocycles. The van der Waals surface area contributed by atoms with E-state index in [1.54, 1.807) is 6.20 Å². The molecule has 0 saturated heterocycles. The lowest BCUT2D eigenvalue weighted by Crippen LogP contribution is -2.19. The van der Waals surface area contributed by atoms with Gasteiger partial charge < -0.3 is 9.64 Å². The van der Waals surface area contributed by atoms with Gasteiger partial charge in [0.1, 0.15) is 11.6 Å². The normalized spacial score (nSPS) is 10.6. The van der Waals surface area contributed by atoms with E-state index in [0.29, 0.717) is 13.0 Å². The minimum atomic E-state index is -0.0875. The fourth-order valence-corrected chi connectivity index (χ4v) is 3.23. The maximum Gasteiger partial charge on any atom is 0.305 e. The number of hydrogen-bond acceptors (Lipinski definition) is 7. The Hall–Kier alpha value is -2.02. The third-order valence-electron chi connectivity index (χ3n) is 3.74. The van der Waals surface area contributed by atoms with Crippen molar-refractivity contribution in [3.8, 4) is 0 Å². The minimum Gasteiger partial charge on any atom is -0.466 e. The third kappa shape index (κ3) is 6.78. The molecule has 2 heterocycles. The summed E-state index contributed by atoms with van der Waals surface area (Å²) in [5, 5.41) is 0.888. The van der Waals surface area contributed by atoms with Gasteiger partial charge in [0.2, 0.25) is 5.13 Å². The van der Waals surface area contributed by atoms with Crippen LogP contribution in [0.25, 0.3) is 0 Å². The first-order valence-electron chi connectivity index (χ1n) is 8.85. The van der Waals surface area contributed by atoms with Gasteiger partial charge in [-0.3, -0.25) is 4.79 Å². The van der Waals surface area contributed by atoms with E-state index >= 15 is 0 Å². The molecule has 0 N–H and O–H groups in total. The molecular formula is C18H26N4O2S. The van der Waals surface area contributed by atoms with Gasteiger partial charge in [0.25, 0.3) is 0 Å². The summed E-state index contributed by atoms with van der Waals surface area (Å²) in [6, 6.07) is 5.89. The summed E-state index contributed by atoms with van der Waals surface area (Å²) in [5.74, 6) is 1.61. The van der Waals surface area contributed by atoms with E-state index in [9.17, 15) is 4.79 Å². The van der Waals surface area contributed by atoms with Gasteiger partial charge in [0.05, 0.1) is 6.61 Å². The first kappa shape index (κ1) is 19.3. The molecule has 0 saturated carbocycles. The smallest absolute Gasteiger partial charge is 0.305 e. The minimum absolute atomic E-state index is 0.0875. The highest BCUT2D eigenvalue weighted by Crippen LogP contribution is 2.25. The zero-order chi connectivity index (χ0) is 17.9. The third-order valence-corrected chi connectivity index (χ3v) is 4.57. The zero-order valence-electron chi connectivity index (χ0n) is 15.0. The van der Waals surface area contributed by atoms with Crippen molar-refractivity contribution < 1.29 is 9.53 Å². The number of nitrogens with zero attached hydrogens (tertiary/aromatic N) is 4. The van der Waals surface area contributed by atoms with Crippen molar-refractivity contribution in [1.82, 2.24) is 14.3 Å². The zero-order valence-corrected chi connectivity index (χ0v) is 15.8. The number of anilines is 2. The average molecular weight is 362 g/mol. The van der Waals surface area contributed by atoms with Gasteiger partial charge >= 0.3 is 5.97 Å². The van der Waals surface area contributed by atoms with Gasteiger partial charge in [-0.05, 0) is 38.8 Å². The molecule has 0 radical (unpaired) electrons. The molecule has 0 aromatic carbocycles. The Labute approximate surface area is 153 Å². The van der Waals surface area contributed by atoms with E-state index in [1.807, 2.05) is 32.0 Å². The number of ether oxygens (including phenoxy) is 1. The molecule has 0 atom stereocenters. The number of unbranched alkanes of at least 4 members (excludes halogenated alkanes) is 4. The molecule has 0 fully saturated rings. The Morgan fingerprint density at radius 1 is 1.20 bits per heavy atom. The number of aromatic nitrogens is 3. The first-order valence-corrected chi connectivity index (χ1v) is 9.62. The van der Waals surface area contributed by atoms with Crippen LogP contribution in [0.4, 0.5) is 10.9 Å². The summed E-state index contributed by atoms with van der Waals surface area (Å²) in [6.45, 7) is 5.07. The standard InChI is InChI=1S/C18H26N4O2S/c1-3-24-17(23)12-7-5-4-6-10-14-22(16-11-8-9-13-19-16)18-20-15(2)21-25-18/h8-9,11,13H,3-7,10,12,14H2,1-2H3. The molecule has 0 aliphatic rings. The summed E-state index contributed by atoms with van der Waals surface area (Å²) in [4.78, 5) is 22.4. The predicted molar refractivity (Wildman–Crippen MR) is 100 cm³/mol. The van der Waals surface area contributed by atoms with Crippen LogP contribution in [-0.4, -0.2) is 33.5 Å². The second-order valence-electron chi connectivity index (χ2n) is 5.79. The molecule has 0 amide bonds. The molecule has 0 spiro atoms. The van der Waals surface area contributed by atoms with E-state index in [1.165, 1.54) is 11.5 Å². The lowest BCUT2D eigenvalue weighted by atomic mass is 10.1. The topological polar surface area (TPSA) is 68.2 Å². The molecular weight excluding hydrogens is 336 g/mol. The van der Waals surface area contributed by atoms with E-state index < -0.39 is 0 Å². The van der Waals surface area contributed by atoms with Crippen LogP contribution in [0.3, 0.4) is 0 Å². The van der Waals surface area contributed by atoms with Crippen molar-refractivity contribution in [1.29, 1.82) is 0 Å². The van der Waals surface area contributed by atoms with Crippen molar-refractivity contribution in [3.63, 3.8) is 0 Å². The number of aryl methyl sites for hydroxylation is 1. The van der Waals surface area contributed by atoms with Gasteiger partial charge in [0.15, 0.2) is 0 Å². The van der Waals surface area contributed by atoms with Crippen LogP contribution >= 0.6 is 11.5 Å². The highest BCUT2D eigenvalue weighted by molar-refractivity contribution is 7.09. The Balaban J connectivity index is 1.75. The molecule has 2 aromatic rings. The number of pyridine rings is 1. The largest absolute Gasteiger partial charge is 0.466 e. The monoisotopic (exact) mass is 362 g/mol. The number of rotatable bonds is 11. The van der Waals surface area contributed by atoms with Gasteiger partial charge in [-0.15, -0.1) is 0 Å². The Morgan fingerprint density at radius 2 is 2.00 bits per heavy atom. The quantitative estimate of drug-likeness (QED) is 0.439. The lowest BCUT2D eigenvalue weighted by Gasteiger charge is -2.20. The summed E-state index contributed by atoms with van der Waals surface area (Å²) in [7, 11) is 0. The molecule has 136 valence electrons. The fraction of sp³-hybridized carbons (Fsp3) is 0.556. The van der Waals surface area contributed by atoms with E-state index in [2.05, 4.69) is 19.2 Å². The highest BCUT2D eigenvalue weighted by Gasteiger charge is 2.14. The summed E-state index contributed by atoms with van der Waals surface area (Å²) in [5.41, 5.74) is 0. The van der Waals surface area contributed by atoms with Crippen molar-refractivity contribution in [2.24, 2.45) is 0 Å². The van der Waals surface area contributed by atoms with Crippen molar-refractivity contribution >= 4 is 28.5 Å². The first-order chi connectivity index (χ1) is 12.2. The van der Waals surface area contributed by atoms with Crippen LogP contribution in [0.15, 0.2) is 24.4 Å². The number of carbonyl (C=O) groups excluding carboxylic acids is 1. The molecule has 25 heavy (non-hydrogen) atoms. The predicted octanol–water partition coefficient (Wildman–Crippen LogP) is 4.28. The fourth-order valence-electron chi connectivity index (χ4n) is 2.52. The lowest BCUT2D eigenvalue weighted by molar-refractivity contribution is -0.143. The van der Waals surface area contributed by atoms with E-state index in [4.69, 9.17) is 4.74 Å². The maximum absolute atomic E-state index is 11.3. The van der Waals surface area contributed by atoms with E-state index in [-0.39, 0.29) is 5.97 Å². The van der Waals surface area contributed by atoms with Crippen LogP contribution in [0.5, 0.6) is 0 Å². The van der Waals surface area contributed by atoms with Crippen LogP contribution < -0.4 is 4.90 Å². The maximum atomic E-state index is 11.3. The average Bonchev–Trinajstić information content (AvgIpc) is 3.04. The number of esters is 1. The van der Waals surface area contributed by atoms with Crippen molar-refractivity contribution in [2.45, 2.75) is 52.4 Å². The highest BCUT2D eigenvalue weighted by atomic mass is 32.1. The molecule has 6 nitrogen and oxygen atoms in total. The second-order valence-corrected chi connectivity index (χ2v) is 6.52. The SMILES string of the molecule is CCOC(=O)CCCCCCCN(c1ccccn1)c1nc(C)ns1. The molecule has 0 bridgehead atoms. The molecule has 2 rings (SSSR count). The molecule has 7 heteroatoms. The Bertz CT molecular complexity index is 633. The van der Waals surface area contributed by atoms with Crippen molar-refractivity contribution in [3.05, 3.63) is 30.2 Å². The second kappa shape index (κ2) is 10.8. The van der Waals surface area contributed by atoms with E-state index in [0.717, 1.165) is 55.4 Å². The Morgan fingerprint density at radius 3 is 2.68 bits per heavy atom. The number of hydrogen-bond donors (Lipinski definition) is 0. The summed E-state index contributed by atoms with van der Waals surface area (Å²) >= 11 is 1.41.